The number of hydrogen-bond donors (Lipinski definition) is 1. The molecule has 1 aliphatic carbocycles. The third kappa shape index (κ3) is 3.75. The molecule has 0 spiro atoms. The van der Waals surface area contributed by atoms with Crippen LogP contribution in [0.1, 0.15) is 32.1 Å². The standard InChI is InChI=1S/C13H23N3O3/c1-19-13(18)16-8-4-7-15(9-10-16)12(17)14-11-5-2-3-6-11/h11H,2-10H2,1H3,(H,14,17). The number of carbonyl (C=O) groups is 2. The molecule has 0 unspecified atom stereocenters. The van der Waals surface area contributed by atoms with Crippen LogP contribution in [0.4, 0.5) is 9.59 Å². The van der Waals surface area contributed by atoms with Crippen LogP contribution in [-0.2, 0) is 4.74 Å². The summed E-state index contributed by atoms with van der Waals surface area (Å²) in [4.78, 5) is 27.1. The first kappa shape index (κ1) is 14.0. The van der Waals surface area contributed by atoms with Crippen molar-refractivity contribution in [2.45, 2.75) is 38.1 Å². The van der Waals surface area contributed by atoms with Gasteiger partial charge in [-0.2, -0.15) is 0 Å². The van der Waals surface area contributed by atoms with Crippen molar-refractivity contribution in [2.24, 2.45) is 0 Å². The zero-order valence-electron chi connectivity index (χ0n) is 11.6. The highest BCUT2D eigenvalue weighted by Crippen LogP contribution is 2.18. The molecule has 0 aromatic rings. The van der Waals surface area contributed by atoms with Gasteiger partial charge in [-0.3, -0.25) is 0 Å². The molecule has 1 saturated heterocycles. The largest absolute Gasteiger partial charge is 0.453 e. The van der Waals surface area contributed by atoms with E-state index in [0.29, 0.717) is 32.2 Å². The van der Waals surface area contributed by atoms with Crippen molar-refractivity contribution >= 4 is 12.1 Å². The molecule has 0 aromatic carbocycles. The van der Waals surface area contributed by atoms with Crippen LogP contribution >= 0.6 is 0 Å². The Morgan fingerprint density at radius 2 is 1.63 bits per heavy atom. The number of nitrogens with zero attached hydrogens (tertiary/aromatic N) is 2. The molecule has 6 heteroatoms. The minimum absolute atomic E-state index is 0.0126. The van der Waals surface area contributed by atoms with Gasteiger partial charge in [-0.05, 0) is 19.3 Å². The minimum Gasteiger partial charge on any atom is -0.453 e. The smallest absolute Gasteiger partial charge is 0.409 e. The van der Waals surface area contributed by atoms with E-state index in [-0.39, 0.29) is 12.1 Å². The third-order valence-electron chi connectivity index (χ3n) is 3.90. The van der Waals surface area contributed by atoms with Crippen molar-refractivity contribution < 1.29 is 14.3 Å². The highest BCUT2D eigenvalue weighted by molar-refractivity contribution is 5.75. The maximum Gasteiger partial charge on any atom is 0.409 e. The summed E-state index contributed by atoms with van der Waals surface area (Å²) >= 11 is 0. The Morgan fingerprint density at radius 1 is 1.00 bits per heavy atom. The first-order chi connectivity index (χ1) is 9.20. The molecule has 0 aromatic heterocycles. The van der Waals surface area contributed by atoms with Crippen LogP contribution in [0.15, 0.2) is 0 Å². The molecule has 1 aliphatic heterocycles. The lowest BCUT2D eigenvalue weighted by Gasteiger charge is -2.23. The normalized spacial score (nSPS) is 21.1. The molecule has 2 aliphatic rings. The molecule has 19 heavy (non-hydrogen) atoms. The van der Waals surface area contributed by atoms with Gasteiger partial charge in [0.25, 0.3) is 0 Å². The lowest BCUT2D eigenvalue weighted by atomic mass is 10.2. The van der Waals surface area contributed by atoms with Crippen LogP contribution < -0.4 is 5.32 Å². The molecular weight excluding hydrogens is 246 g/mol. The number of ether oxygens (including phenoxy) is 1. The fourth-order valence-corrected chi connectivity index (χ4v) is 2.77. The Hall–Kier alpha value is -1.46. The quantitative estimate of drug-likeness (QED) is 0.783. The highest BCUT2D eigenvalue weighted by atomic mass is 16.5. The average molecular weight is 269 g/mol. The molecule has 1 heterocycles. The summed E-state index contributed by atoms with van der Waals surface area (Å²) in [5, 5.41) is 3.09. The van der Waals surface area contributed by atoms with Gasteiger partial charge in [0.15, 0.2) is 0 Å². The summed E-state index contributed by atoms with van der Waals surface area (Å²) in [5.41, 5.74) is 0. The second-order valence-corrected chi connectivity index (χ2v) is 5.23. The third-order valence-corrected chi connectivity index (χ3v) is 3.90. The molecule has 0 radical (unpaired) electrons. The zero-order chi connectivity index (χ0) is 13.7. The molecule has 0 atom stereocenters. The average Bonchev–Trinajstić information content (AvgIpc) is 2.79. The number of urea groups is 1. The highest BCUT2D eigenvalue weighted by Gasteiger charge is 2.24. The van der Waals surface area contributed by atoms with E-state index in [1.165, 1.54) is 20.0 Å². The number of amides is 3. The van der Waals surface area contributed by atoms with Crippen LogP contribution in [0.2, 0.25) is 0 Å². The van der Waals surface area contributed by atoms with Crippen molar-refractivity contribution in [3.8, 4) is 0 Å². The number of carbonyl (C=O) groups excluding carboxylic acids is 2. The maximum absolute atomic E-state index is 12.1. The SMILES string of the molecule is COC(=O)N1CCCN(C(=O)NC2CCCC2)CC1. The van der Waals surface area contributed by atoms with E-state index in [0.717, 1.165) is 19.3 Å². The number of rotatable bonds is 1. The molecule has 6 nitrogen and oxygen atoms in total. The van der Waals surface area contributed by atoms with Gasteiger partial charge in [-0.25, -0.2) is 9.59 Å². The predicted molar refractivity (Wildman–Crippen MR) is 71.0 cm³/mol. The fourth-order valence-electron chi connectivity index (χ4n) is 2.77. The fraction of sp³-hybridized carbons (Fsp3) is 0.846. The number of methoxy groups -OCH3 is 1. The predicted octanol–water partition coefficient (Wildman–Crippen LogP) is 1.41. The summed E-state index contributed by atoms with van der Waals surface area (Å²) in [5.74, 6) is 0. The van der Waals surface area contributed by atoms with Crippen LogP contribution in [0, 0.1) is 0 Å². The second kappa shape index (κ2) is 6.63. The van der Waals surface area contributed by atoms with Gasteiger partial charge in [0.2, 0.25) is 0 Å². The van der Waals surface area contributed by atoms with E-state index >= 15 is 0 Å². The van der Waals surface area contributed by atoms with Gasteiger partial charge in [0.1, 0.15) is 0 Å². The van der Waals surface area contributed by atoms with Gasteiger partial charge >= 0.3 is 12.1 Å². The van der Waals surface area contributed by atoms with Crippen molar-refractivity contribution in [3.63, 3.8) is 0 Å². The summed E-state index contributed by atoms with van der Waals surface area (Å²) in [6.45, 7) is 2.48. The Labute approximate surface area is 114 Å². The molecular formula is C13H23N3O3. The lowest BCUT2D eigenvalue weighted by molar-refractivity contribution is 0.125. The molecule has 3 amide bonds. The first-order valence-electron chi connectivity index (χ1n) is 7.09. The molecule has 2 rings (SSSR count). The topological polar surface area (TPSA) is 61.9 Å². The van der Waals surface area contributed by atoms with Crippen LogP contribution in [0.25, 0.3) is 0 Å². The van der Waals surface area contributed by atoms with Crippen molar-refractivity contribution in [2.75, 3.05) is 33.3 Å². The number of nitrogens with one attached hydrogen (secondary N) is 1. The Balaban J connectivity index is 1.81. The van der Waals surface area contributed by atoms with Crippen LogP contribution in [-0.4, -0.2) is 61.3 Å². The van der Waals surface area contributed by atoms with E-state index < -0.39 is 0 Å². The lowest BCUT2D eigenvalue weighted by Crippen LogP contribution is -2.45. The van der Waals surface area contributed by atoms with E-state index in [4.69, 9.17) is 4.74 Å². The Kier molecular flexibility index (Phi) is 4.87. The van der Waals surface area contributed by atoms with E-state index in [1.54, 1.807) is 9.80 Å². The monoisotopic (exact) mass is 269 g/mol. The molecule has 1 saturated carbocycles. The van der Waals surface area contributed by atoms with Gasteiger partial charge in [0.05, 0.1) is 7.11 Å². The van der Waals surface area contributed by atoms with Gasteiger partial charge in [-0.15, -0.1) is 0 Å². The van der Waals surface area contributed by atoms with E-state index in [9.17, 15) is 9.59 Å². The van der Waals surface area contributed by atoms with Gasteiger partial charge in [0, 0.05) is 32.2 Å². The molecule has 108 valence electrons. The van der Waals surface area contributed by atoms with Crippen LogP contribution in [0.5, 0.6) is 0 Å². The van der Waals surface area contributed by atoms with Crippen LogP contribution in [0.3, 0.4) is 0 Å². The van der Waals surface area contributed by atoms with Crippen molar-refractivity contribution in [1.82, 2.24) is 15.1 Å². The summed E-state index contributed by atoms with van der Waals surface area (Å²) < 4.78 is 4.72. The second-order valence-electron chi connectivity index (χ2n) is 5.23. The Morgan fingerprint density at radius 3 is 2.32 bits per heavy atom. The van der Waals surface area contributed by atoms with Gasteiger partial charge < -0.3 is 19.9 Å². The first-order valence-corrected chi connectivity index (χ1v) is 7.09. The maximum atomic E-state index is 12.1. The van der Waals surface area contributed by atoms with E-state index in [2.05, 4.69) is 5.32 Å². The number of hydrogen-bond acceptors (Lipinski definition) is 3. The van der Waals surface area contributed by atoms with Crippen molar-refractivity contribution in [3.05, 3.63) is 0 Å². The Bertz CT molecular complexity index is 329. The summed E-state index contributed by atoms with van der Waals surface area (Å²) in [7, 11) is 1.39. The molecule has 2 fully saturated rings. The molecule has 0 bridgehead atoms. The zero-order valence-corrected chi connectivity index (χ0v) is 11.6. The van der Waals surface area contributed by atoms with Gasteiger partial charge in [-0.1, -0.05) is 12.8 Å². The summed E-state index contributed by atoms with van der Waals surface area (Å²) in [6.07, 6.45) is 5.09. The van der Waals surface area contributed by atoms with Crippen molar-refractivity contribution in [1.29, 1.82) is 0 Å². The molecule has 1 N–H and O–H groups in total. The van der Waals surface area contributed by atoms with E-state index in [1.807, 2.05) is 0 Å². The minimum atomic E-state index is -0.307. The summed E-state index contributed by atoms with van der Waals surface area (Å²) in [6, 6.07) is 0.353.